The predicted octanol–water partition coefficient (Wildman–Crippen LogP) is 1.92. The summed E-state index contributed by atoms with van der Waals surface area (Å²) in [5, 5.41) is 3.07. The molecule has 1 aromatic carbocycles. The highest BCUT2D eigenvalue weighted by Crippen LogP contribution is 2.07. The van der Waals surface area contributed by atoms with Gasteiger partial charge in [0.25, 0.3) is 0 Å². The van der Waals surface area contributed by atoms with Crippen LogP contribution in [-0.4, -0.2) is 25.6 Å². The van der Waals surface area contributed by atoms with E-state index < -0.39 is 0 Å². The van der Waals surface area contributed by atoms with E-state index in [9.17, 15) is 4.79 Å². The Morgan fingerprint density at radius 3 is 2.85 bits per heavy atom. The molecule has 0 aliphatic heterocycles. The lowest BCUT2D eigenvalue weighted by atomic mass is 10.1. The van der Waals surface area contributed by atoms with Crippen LogP contribution in [0.25, 0.3) is 0 Å². The first-order chi connectivity index (χ1) is 9.52. The minimum Gasteiger partial charge on any atom is -0.465 e. The van der Waals surface area contributed by atoms with E-state index in [-0.39, 0.29) is 5.97 Å². The van der Waals surface area contributed by atoms with Crippen LogP contribution in [0.1, 0.15) is 36.2 Å². The monoisotopic (exact) mass is 277 g/mol. The summed E-state index contributed by atoms with van der Waals surface area (Å²) in [6.07, 6.45) is 1.05. The van der Waals surface area contributed by atoms with Gasteiger partial charge in [-0.3, -0.25) is 0 Å². The van der Waals surface area contributed by atoms with Crippen molar-refractivity contribution >= 4 is 11.9 Å². The highest BCUT2D eigenvalue weighted by Gasteiger charge is 2.05. The molecular weight excluding hydrogens is 254 g/mol. The average Bonchev–Trinajstić information content (AvgIpc) is 2.44. The van der Waals surface area contributed by atoms with E-state index >= 15 is 0 Å². The number of nitrogens with two attached hydrogens (primary N) is 1. The molecular formula is C15H23N3O2. The second-order valence-electron chi connectivity index (χ2n) is 5.00. The fourth-order valence-corrected chi connectivity index (χ4v) is 1.64. The summed E-state index contributed by atoms with van der Waals surface area (Å²) in [5.74, 6) is 0.708. The zero-order valence-corrected chi connectivity index (χ0v) is 12.3. The molecule has 0 aliphatic rings. The van der Waals surface area contributed by atoms with Crippen LogP contribution in [0.2, 0.25) is 0 Å². The van der Waals surface area contributed by atoms with Crippen LogP contribution in [0.15, 0.2) is 29.3 Å². The van der Waals surface area contributed by atoms with Gasteiger partial charge in [-0.15, -0.1) is 0 Å². The fraction of sp³-hybridized carbons (Fsp3) is 0.467. The summed E-state index contributed by atoms with van der Waals surface area (Å²) >= 11 is 0. The van der Waals surface area contributed by atoms with E-state index in [4.69, 9.17) is 5.73 Å². The largest absolute Gasteiger partial charge is 0.465 e. The van der Waals surface area contributed by atoms with E-state index in [1.54, 1.807) is 18.2 Å². The molecule has 0 heterocycles. The van der Waals surface area contributed by atoms with E-state index in [1.165, 1.54) is 7.11 Å². The number of ether oxygens (including phenoxy) is 1. The van der Waals surface area contributed by atoms with Crippen LogP contribution in [0, 0.1) is 5.92 Å². The number of nitrogens with one attached hydrogen (secondary N) is 1. The summed E-state index contributed by atoms with van der Waals surface area (Å²) < 4.78 is 4.68. The fourth-order valence-electron chi connectivity index (χ4n) is 1.64. The lowest BCUT2D eigenvalue weighted by molar-refractivity contribution is 0.0600. The van der Waals surface area contributed by atoms with Crippen LogP contribution in [0.3, 0.4) is 0 Å². The van der Waals surface area contributed by atoms with Crippen molar-refractivity contribution in [3.05, 3.63) is 35.4 Å². The maximum absolute atomic E-state index is 11.4. The second-order valence-corrected chi connectivity index (χ2v) is 5.00. The van der Waals surface area contributed by atoms with Gasteiger partial charge in [0, 0.05) is 6.54 Å². The molecule has 0 unspecified atom stereocenters. The zero-order chi connectivity index (χ0) is 15.0. The SMILES string of the molecule is COC(=O)c1cccc(CN=C(N)NCCC(C)C)c1. The summed E-state index contributed by atoms with van der Waals surface area (Å²) in [4.78, 5) is 15.7. The number of hydrogen-bond donors (Lipinski definition) is 2. The normalized spacial score (nSPS) is 11.5. The van der Waals surface area contributed by atoms with Gasteiger partial charge in [0.15, 0.2) is 5.96 Å². The van der Waals surface area contributed by atoms with Crippen LogP contribution in [0.4, 0.5) is 0 Å². The van der Waals surface area contributed by atoms with Gasteiger partial charge in [0.1, 0.15) is 0 Å². The lowest BCUT2D eigenvalue weighted by Gasteiger charge is -2.07. The van der Waals surface area contributed by atoms with Gasteiger partial charge in [-0.1, -0.05) is 26.0 Å². The van der Waals surface area contributed by atoms with Gasteiger partial charge in [-0.25, -0.2) is 9.79 Å². The third kappa shape index (κ3) is 5.73. The average molecular weight is 277 g/mol. The van der Waals surface area contributed by atoms with Gasteiger partial charge >= 0.3 is 5.97 Å². The summed E-state index contributed by atoms with van der Waals surface area (Å²) in [5.41, 5.74) is 7.22. The molecule has 5 heteroatoms. The zero-order valence-electron chi connectivity index (χ0n) is 12.3. The van der Waals surface area contributed by atoms with E-state index in [1.807, 2.05) is 6.07 Å². The van der Waals surface area contributed by atoms with Crippen molar-refractivity contribution < 1.29 is 9.53 Å². The number of benzene rings is 1. The van der Waals surface area contributed by atoms with Crippen molar-refractivity contribution in [3.8, 4) is 0 Å². The minimum atomic E-state index is -0.348. The molecule has 1 aromatic rings. The quantitative estimate of drug-likeness (QED) is 0.473. The Hall–Kier alpha value is -2.04. The Morgan fingerprint density at radius 2 is 2.20 bits per heavy atom. The van der Waals surface area contributed by atoms with Crippen molar-refractivity contribution in [1.82, 2.24) is 5.32 Å². The third-order valence-electron chi connectivity index (χ3n) is 2.81. The number of carbonyl (C=O) groups is 1. The molecule has 0 amide bonds. The first-order valence-corrected chi connectivity index (χ1v) is 6.74. The summed E-state index contributed by atoms with van der Waals surface area (Å²) in [6, 6.07) is 7.18. The molecule has 1 rings (SSSR count). The number of esters is 1. The first-order valence-electron chi connectivity index (χ1n) is 6.74. The van der Waals surface area contributed by atoms with Crippen molar-refractivity contribution in [2.75, 3.05) is 13.7 Å². The summed E-state index contributed by atoms with van der Waals surface area (Å²) in [6.45, 7) is 5.57. The van der Waals surface area contributed by atoms with Gasteiger partial charge in [0.2, 0.25) is 0 Å². The second kappa shape index (κ2) is 8.19. The molecule has 0 aromatic heterocycles. The number of aliphatic imine (C=N–C) groups is 1. The van der Waals surface area contributed by atoms with Gasteiger partial charge in [0.05, 0.1) is 19.2 Å². The van der Waals surface area contributed by atoms with Crippen LogP contribution < -0.4 is 11.1 Å². The number of carbonyl (C=O) groups excluding carboxylic acids is 1. The Kier molecular flexibility index (Phi) is 6.56. The maximum Gasteiger partial charge on any atom is 0.337 e. The van der Waals surface area contributed by atoms with E-state index in [0.29, 0.717) is 24.0 Å². The predicted molar refractivity (Wildman–Crippen MR) is 80.6 cm³/mol. The minimum absolute atomic E-state index is 0.348. The Labute approximate surface area is 120 Å². The first kappa shape index (κ1) is 16.0. The lowest BCUT2D eigenvalue weighted by Crippen LogP contribution is -2.32. The van der Waals surface area contributed by atoms with Crippen LogP contribution in [0.5, 0.6) is 0 Å². The molecule has 3 N–H and O–H groups in total. The third-order valence-corrected chi connectivity index (χ3v) is 2.81. The topological polar surface area (TPSA) is 76.7 Å². The molecule has 5 nitrogen and oxygen atoms in total. The number of guanidine groups is 1. The molecule has 20 heavy (non-hydrogen) atoms. The highest BCUT2D eigenvalue weighted by molar-refractivity contribution is 5.89. The summed E-state index contributed by atoms with van der Waals surface area (Å²) in [7, 11) is 1.36. The van der Waals surface area contributed by atoms with Gasteiger partial charge in [-0.05, 0) is 30.0 Å². The molecule has 0 atom stereocenters. The van der Waals surface area contributed by atoms with Crippen LogP contribution in [-0.2, 0) is 11.3 Å². The number of nitrogens with zero attached hydrogens (tertiary/aromatic N) is 1. The Balaban J connectivity index is 2.53. The Morgan fingerprint density at radius 1 is 1.45 bits per heavy atom. The number of methoxy groups -OCH3 is 1. The van der Waals surface area contributed by atoms with Crippen molar-refractivity contribution in [2.45, 2.75) is 26.8 Å². The van der Waals surface area contributed by atoms with Crippen LogP contribution >= 0.6 is 0 Å². The molecule has 0 aliphatic carbocycles. The van der Waals surface area contributed by atoms with Crippen molar-refractivity contribution in [3.63, 3.8) is 0 Å². The van der Waals surface area contributed by atoms with E-state index in [2.05, 4.69) is 28.9 Å². The standard InChI is InChI=1S/C15H23N3O2/c1-11(2)7-8-17-15(16)18-10-12-5-4-6-13(9-12)14(19)20-3/h4-6,9,11H,7-8,10H2,1-3H3,(H3,16,17,18). The maximum atomic E-state index is 11.4. The van der Waals surface area contributed by atoms with E-state index in [0.717, 1.165) is 18.5 Å². The van der Waals surface area contributed by atoms with Crippen molar-refractivity contribution in [1.29, 1.82) is 0 Å². The van der Waals surface area contributed by atoms with Gasteiger partial charge in [-0.2, -0.15) is 0 Å². The van der Waals surface area contributed by atoms with Gasteiger partial charge < -0.3 is 15.8 Å². The highest BCUT2D eigenvalue weighted by atomic mass is 16.5. The molecule has 0 radical (unpaired) electrons. The molecule has 110 valence electrons. The molecule has 0 spiro atoms. The molecule has 0 fully saturated rings. The molecule has 0 saturated carbocycles. The number of rotatable bonds is 6. The number of hydrogen-bond acceptors (Lipinski definition) is 3. The Bertz CT molecular complexity index is 470. The molecule has 0 saturated heterocycles. The smallest absolute Gasteiger partial charge is 0.337 e. The molecule has 0 bridgehead atoms. The van der Waals surface area contributed by atoms with Crippen molar-refractivity contribution in [2.24, 2.45) is 16.6 Å².